The van der Waals surface area contributed by atoms with Crippen molar-refractivity contribution in [3.63, 3.8) is 0 Å². The van der Waals surface area contributed by atoms with Crippen molar-refractivity contribution in [3.8, 4) is 11.5 Å². The van der Waals surface area contributed by atoms with E-state index >= 15 is 0 Å². The third-order valence-electron chi connectivity index (χ3n) is 3.07. The van der Waals surface area contributed by atoms with Gasteiger partial charge in [0.05, 0.1) is 13.1 Å². The summed E-state index contributed by atoms with van der Waals surface area (Å²) < 4.78 is 10.2. The lowest BCUT2D eigenvalue weighted by Crippen LogP contribution is -2.29. The van der Waals surface area contributed by atoms with Crippen LogP contribution in [0.5, 0.6) is 11.5 Å². The van der Waals surface area contributed by atoms with Crippen LogP contribution in [0.1, 0.15) is 15.9 Å². The highest BCUT2D eigenvalue weighted by Gasteiger charge is 2.09. The van der Waals surface area contributed by atoms with Crippen LogP contribution >= 0.6 is 11.6 Å². The smallest absolute Gasteiger partial charge is 0.185 e. The van der Waals surface area contributed by atoms with Crippen molar-refractivity contribution in [1.29, 1.82) is 0 Å². The molecule has 0 radical (unpaired) electrons. The zero-order valence-corrected chi connectivity index (χ0v) is 13.6. The Morgan fingerprint density at radius 3 is 2.62 bits per heavy atom. The molecule has 24 heavy (non-hydrogen) atoms. The maximum absolute atomic E-state index is 12.2. The second-order valence-corrected chi connectivity index (χ2v) is 5.22. The van der Waals surface area contributed by atoms with E-state index in [0.29, 0.717) is 10.6 Å². The molecule has 5 nitrogen and oxygen atoms in total. The SMILES string of the molecule is COc1cc(C(=O)/C=C/c2cccc(Cl)c2)ccc1OCC(=O)[O-]. The molecule has 0 fully saturated rings. The molecule has 6 heteroatoms. The van der Waals surface area contributed by atoms with Crippen molar-refractivity contribution < 1.29 is 24.2 Å². The van der Waals surface area contributed by atoms with Gasteiger partial charge in [0.15, 0.2) is 17.3 Å². The summed E-state index contributed by atoms with van der Waals surface area (Å²) in [6.07, 6.45) is 3.07. The third-order valence-corrected chi connectivity index (χ3v) is 3.30. The molecule has 0 spiro atoms. The predicted molar refractivity (Wildman–Crippen MR) is 88.3 cm³/mol. The largest absolute Gasteiger partial charge is 0.546 e. The van der Waals surface area contributed by atoms with Gasteiger partial charge in [0.25, 0.3) is 0 Å². The first kappa shape index (κ1) is 17.6. The Hall–Kier alpha value is -2.79. The zero-order chi connectivity index (χ0) is 17.5. The van der Waals surface area contributed by atoms with Gasteiger partial charge in [-0.1, -0.05) is 29.8 Å². The fourth-order valence-electron chi connectivity index (χ4n) is 1.96. The fraction of sp³-hybridized carbons (Fsp3) is 0.111. The summed E-state index contributed by atoms with van der Waals surface area (Å²) in [6.45, 7) is -0.599. The number of carboxylic acids is 1. The maximum Gasteiger partial charge on any atom is 0.185 e. The first-order valence-corrected chi connectivity index (χ1v) is 7.36. The van der Waals surface area contributed by atoms with E-state index in [2.05, 4.69) is 0 Å². The monoisotopic (exact) mass is 345 g/mol. The van der Waals surface area contributed by atoms with Crippen LogP contribution in [0.3, 0.4) is 0 Å². The molecule has 0 aliphatic heterocycles. The number of aliphatic carboxylic acids is 1. The number of carboxylic acid groups (broad SMARTS) is 1. The van der Waals surface area contributed by atoms with Crippen LogP contribution in [-0.4, -0.2) is 25.5 Å². The molecule has 0 bridgehead atoms. The molecule has 0 aliphatic rings. The normalized spacial score (nSPS) is 10.6. The summed E-state index contributed by atoms with van der Waals surface area (Å²) in [5, 5.41) is 11.0. The van der Waals surface area contributed by atoms with Crippen LogP contribution in [0, 0.1) is 0 Å². The van der Waals surface area contributed by atoms with E-state index in [1.54, 1.807) is 24.3 Å². The van der Waals surface area contributed by atoms with E-state index in [-0.39, 0.29) is 17.3 Å². The van der Waals surface area contributed by atoms with Gasteiger partial charge in [-0.05, 0) is 42.0 Å². The molecule has 0 amide bonds. The summed E-state index contributed by atoms with van der Waals surface area (Å²) >= 11 is 5.89. The van der Waals surface area contributed by atoms with E-state index in [1.807, 2.05) is 6.07 Å². The fourth-order valence-corrected chi connectivity index (χ4v) is 2.15. The molecule has 0 unspecified atom stereocenters. The number of hydrogen-bond acceptors (Lipinski definition) is 5. The second kappa shape index (κ2) is 8.17. The molecule has 0 aliphatic carbocycles. The molecule has 0 atom stereocenters. The molecule has 0 aromatic heterocycles. The van der Waals surface area contributed by atoms with Crippen molar-refractivity contribution in [2.45, 2.75) is 0 Å². The highest BCUT2D eigenvalue weighted by atomic mass is 35.5. The first-order chi connectivity index (χ1) is 11.5. The Bertz CT molecular complexity index is 783. The highest BCUT2D eigenvalue weighted by Crippen LogP contribution is 2.28. The van der Waals surface area contributed by atoms with Crippen LogP contribution < -0.4 is 14.6 Å². The van der Waals surface area contributed by atoms with E-state index in [1.165, 1.54) is 31.4 Å². The minimum atomic E-state index is -1.35. The van der Waals surface area contributed by atoms with Crippen molar-refractivity contribution in [1.82, 2.24) is 0 Å². The van der Waals surface area contributed by atoms with Crippen LogP contribution in [0.25, 0.3) is 6.08 Å². The lowest BCUT2D eigenvalue weighted by molar-refractivity contribution is -0.307. The lowest BCUT2D eigenvalue weighted by atomic mass is 10.1. The van der Waals surface area contributed by atoms with E-state index in [9.17, 15) is 14.7 Å². The molecular weight excluding hydrogens is 332 g/mol. The number of rotatable bonds is 7. The average Bonchev–Trinajstić information content (AvgIpc) is 2.57. The number of ketones is 1. The number of halogens is 1. The van der Waals surface area contributed by atoms with Gasteiger partial charge in [-0.15, -0.1) is 0 Å². The number of benzene rings is 2. The molecule has 0 heterocycles. The summed E-state index contributed by atoms with van der Waals surface area (Å²) in [4.78, 5) is 22.7. The van der Waals surface area contributed by atoms with Crippen LogP contribution in [0.2, 0.25) is 5.02 Å². The van der Waals surface area contributed by atoms with Crippen molar-refractivity contribution in [3.05, 3.63) is 64.7 Å². The van der Waals surface area contributed by atoms with Crippen LogP contribution in [0.4, 0.5) is 0 Å². The first-order valence-electron chi connectivity index (χ1n) is 6.98. The summed E-state index contributed by atoms with van der Waals surface area (Å²) in [5.74, 6) is -1.10. The number of allylic oxidation sites excluding steroid dienone is 1. The van der Waals surface area contributed by atoms with E-state index < -0.39 is 12.6 Å². The minimum Gasteiger partial charge on any atom is -0.546 e. The third kappa shape index (κ3) is 4.86. The second-order valence-electron chi connectivity index (χ2n) is 4.78. The summed E-state index contributed by atoms with van der Waals surface area (Å²) in [6, 6.07) is 11.6. The predicted octanol–water partition coefficient (Wildman–Crippen LogP) is 2.37. The van der Waals surface area contributed by atoms with Gasteiger partial charge in [-0.25, -0.2) is 0 Å². The van der Waals surface area contributed by atoms with Crippen molar-refractivity contribution >= 4 is 29.4 Å². The standard InChI is InChI=1S/C18H15ClO5/c1-23-17-10-13(6-8-16(17)24-11-18(21)22)15(20)7-5-12-3-2-4-14(19)9-12/h2-10H,11H2,1H3,(H,21,22)/p-1/b7-5+. The number of hydrogen-bond donors (Lipinski definition) is 0. The van der Waals surface area contributed by atoms with Gasteiger partial charge in [0.2, 0.25) is 0 Å². The topological polar surface area (TPSA) is 75.7 Å². The Balaban J connectivity index is 2.16. The maximum atomic E-state index is 12.2. The molecule has 2 aromatic carbocycles. The molecule has 124 valence electrons. The molecule has 0 saturated carbocycles. The van der Waals surface area contributed by atoms with Crippen molar-refractivity contribution in [2.24, 2.45) is 0 Å². The minimum absolute atomic E-state index is 0.220. The quantitative estimate of drug-likeness (QED) is 0.569. The lowest BCUT2D eigenvalue weighted by Gasteiger charge is -2.11. The zero-order valence-electron chi connectivity index (χ0n) is 12.8. The number of ether oxygens (including phenoxy) is 2. The Kier molecular flexibility index (Phi) is 5.98. The highest BCUT2D eigenvalue weighted by molar-refractivity contribution is 6.30. The number of methoxy groups -OCH3 is 1. The Labute approximate surface area is 144 Å². The van der Waals surface area contributed by atoms with Gasteiger partial charge in [0, 0.05) is 10.6 Å². The molecular formula is C18H14ClO5-. The summed E-state index contributed by atoms with van der Waals surface area (Å²) in [7, 11) is 1.40. The Morgan fingerprint density at radius 2 is 1.96 bits per heavy atom. The van der Waals surface area contributed by atoms with E-state index in [4.69, 9.17) is 21.1 Å². The number of carbonyl (C=O) groups excluding carboxylic acids is 2. The van der Waals surface area contributed by atoms with Gasteiger partial charge < -0.3 is 19.4 Å². The van der Waals surface area contributed by atoms with Gasteiger partial charge in [-0.2, -0.15) is 0 Å². The Morgan fingerprint density at radius 1 is 1.17 bits per heavy atom. The van der Waals surface area contributed by atoms with E-state index in [0.717, 1.165) is 5.56 Å². The molecule has 0 saturated heterocycles. The van der Waals surface area contributed by atoms with Gasteiger partial charge in [0.1, 0.15) is 6.61 Å². The molecule has 2 aromatic rings. The van der Waals surface area contributed by atoms with Crippen molar-refractivity contribution in [2.75, 3.05) is 13.7 Å². The van der Waals surface area contributed by atoms with Gasteiger partial charge in [-0.3, -0.25) is 4.79 Å². The molecule has 0 N–H and O–H groups in total. The van der Waals surface area contributed by atoms with Crippen LogP contribution in [0.15, 0.2) is 48.5 Å². The van der Waals surface area contributed by atoms with Crippen LogP contribution in [-0.2, 0) is 4.79 Å². The summed E-state index contributed by atoms with van der Waals surface area (Å²) in [5.41, 5.74) is 1.18. The average molecular weight is 346 g/mol. The number of carbonyl (C=O) groups is 2. The van der Waals surface area contributed by atoms with Gasteiger partial charge >= 0.3 is 0 Å². The molecule has 2 rings (SSSR count).